The summed E-state index contributed by atoms with van der Waals surface area (Å²) < 4.78 is 5.18. The molecule has 1 fully saturated rings. The quantitative estimate of drug-likeness (QED) is 0.900. The summed E-state index contributed by atoms with van der Waals surface area (Å²) in [6.07, 6.45) is 2.12. The highest BCUT2D eigenvalue weighted by Gasteiger charge is 2.21. The van der Waals surface area contributed by atoms with Crippen molar-refractivity contribution in [2.75, 3.05) is 31.7 Å². The van der Waals surface area contributed by atoms with E-state index in [-0.39, 0.29) is 0 Å². The average molecular weight is 264 g/mol. The van der Waals surface area contributed by atoms with E-state index in [0.29, 0.717) is 11.5 Å². The standard InChI is InChI=1S/C14H20N2O3/c1-10-7-12(14(17)18)8-13(15-10)16-5-3-11(4-6-16)9-19-2/h7-8,11H,3-6,9H2,1-2H3,(H,17,18). The van der Waals surface area contributed by atoms with Crippen LogP contribution in [-0.2, 0) is 4.74 Å². The lowest BCUT2D eigenvalue weighted by Crippen LogP contribution is -2.35. The molecule has 1 aliphatic heterocycles. The molecule has 0 radical (unpaired) electrons. The third-order valence-electron chi connectivity index (χ3n) is 3.53. The highest BCUT2D eigenvalue weighted by Crippen LogP contribution is 2.23. The Morgan fingerprint density at radius 1 is 1.47 bits per heavy atom. The van der Waals surface area contributed by atoms with Crippen molar-refractivity contribution in [1.82, 2.24) is 4.98 Å². The van der Waals surface area contributed by atoms with E-state index in [9.17, 15) is 4.79 Å². The van der Waals surface area contributed by atoms with Crippen molar-refractivity contribution in [1.29, 1.82) is 0 Å². The van der Waals surface area contributed by atoms with Gasteiger partial charge in [-0.1, -0.05) is 0 Å². The third kappa shape index (κ3) is 3.44. The van der Waals surface area contributed by atoms with E-state index >= 15 is 0 Å². The van der Waals surface area contributed by atoms with Crippen LogP contribution >= 0.6 is 0 Å². The van der Waals surface area contributed by atoms with Crippen molar-refractivity contribution in [3.8, 4) is 0 Å². The van der Waals surface area contributed by atoms with E-state index < -0.39 is 5.97 Å². The van der Waals surface area contributed by atoms with Gasteiger partial charge in [-0.3, -0.25) is 0 Å². The molecule has 0 aromatic carbocycles. The molecule has 1 aromatic rings. The second-order valence-corrected chi connectivity index (χ2v) is 5.05. The number of ether oxygens (including phenoxy) is 1. The Bertz CT molecular complexity index is 454. The molecule has 19 heavy (non-hydrogen) atoms. The molecule has 0 bridgehead atoms. The highest BCUT2D eigenvalue weighted by molar-refractivity contribution is 5.88. The molecule has 104 valence electrons. The summed E-state index contributed by atoms with van der Waals surface area (Å²) >= 11 is 0. The first-order chi connectivity index (χ1) is 9.10. The Kier molecular flexibility index (Phi) is 4.37. The van der Waals surface area contributed by atoms with E-state index in [1.165, 1.54) is 0 Å². The molecule has 0 aliphatic carbocycles. The predicted octanol–water partition coefficient (Wildman–Crippen LogP) is 1.95. The van der Waals surface area contributed by atoms with E-state index in [1.807, 2.05) is 6.92 Å². The molecule has 2 heterocycles. The molecular formula is C14H20N2O3. The number of pyridine rings is 1. The van der Waals surface area contributed by atoms with Crippen molar-refractivity contribution in [2.45, 2.75) is 19.8 Å². The van der Waals surface area contributed by atoms with Crippen LogP contribution in [0, 0.1) is 12.8 Å². The zero-order valence-corrected chi connectivity index (χ0v) is 11.4. The molecule has 1 N–H and O–H groups in total. The minimum Gasteiger partial charge on any atom is -0.478 e. The van der Waals surface area contributed by atoms with Gasteiger partial charge in [0.1, 0.15) is 5.82 Å². The molecule has 0 atom stereocenters. The number of carboxylic acid groups (broad SMARTS) is 1. The topological polar surface area (TPSA) is 62.7 Å². The number of piperidine rings is 1. The van der Waals surface area contributed by atoms with Crippen LogP contribution in [0.3, 0.4) is 0 Å². The summed E-state index contributed by atoms with van der Waals surface area (Å²) in [5, 5.41) is 9.08. The number of nitrogens with zero attached hydrogens (tertiary/aromatic N) is 2. The number of aromatic nitrogens is 1. The lowest BCUT2D eigenvalue weighted by Gasteiger charge is -2.32. The van der Waals surface area contributed by atoms with Crippen LogP contribution in [0.2, 0.25) is 0 Å². The number of hydrogen-bond donors (Lipinski definition) is 1. The van der Waals surface area contributed by atoms with Crippen molar-refractivity contribution in [3.05, 3.63) is 23.4 Å². The fourth-order valence-corrected chi connectivity index (χ4v) is 2.50. The molecule has 5 heteroatoms. The second kappa shape index (κ2) is 6.02. The minimum absolute atomic E-state index is 0.307. The first-order valence-electron chi connectivity index (χ1n) is 6.56. The molecule has 2 rings (SSSR count). The van der Waals surface area contributed by atoms with Crippen LogP contribution in [0.1, 0.15) is 28.9 Å². The summed E-state index contributed by atoms with van der Waals surface area (Å²) in [7, 11) is 1.73. The zero-order chi connectivity index (χ0) is 13.8. The smallest absolute Gasteiger partial charge is 0.335 e. The van der Waals surface area contributed by atoms with Gasteiger partial charge in [-0.15, -0.1) is 0 Å². The van der Waals surface area contributed by atoms with Gasteiger partial charge in [-0.05, 0) is 37.8 Å². The van der Waals surface area contributed by atoms with Crippen molar-refractivity contribution in [3.63, 3.8) is 0 Å². The Morgan fingerprint density at radius 3 is 2.74 bits per heavy atom. The molecule has 0 saturated carbocycles. The van der Waals surface area contributed by atoms with E-state index in [1.54, 1.807) is 19.2 Å². The number of methoxy groups -OCH3 is 1. The number of hydrogen-bond acceptors (Lipinski definition) is 4. The number of anilines is 1. The Hall–Kier alpha value is -1.62. The molecular weight excluding hydrogens is 244 g/mol. The van der Waals surface area contributed by atoms with Gasteiger partial charge < -0.3 is 14.7 Å². The van der Waals surface area contributed by atoms with Gasteiger partial charge in [0.15, 0.2) is 0 Å². The molecule has 0 spiro atoms. The number of aromatic carboxylic acids is 1. The van der Waals surface area contributed by atoms with Crippen LogP contribution in [0.5, 0.6) is 0 Å². The van der Waals surface area contributed by atoms with Crippen molar-refractivity contribution in [2.24, 2.45) is 5.92 Å². The minimum atomic E-state index is -0.902. The third-order valence-corrected chi connectivity index (χ3v) is 3.53. The summed E-state index contributed by atoms with van der Waals surface area (Å²) in [5.74, 6) is 0.472. The van der Waals surface area contributed by atoms with Gasteiger partial charge in [0, 0.05) is 32.5 Å². The molecule has 0 amide bonds. The number of aryl methyl sites for hydroxylation is 1. The first kappa shape index (κ1) is 13.8. The summed E-state index contributed by atoms with van der Waals surface area (Å²) in [5.41, 5.74) is 1.05. The summed E-state index contributed by atoms with van der Waals surface area (Å²) in [6, 6.07) is 3.26. The van der Waals surface area contributed by atoms with Crippen molar-refractivity contribution < 1.29 is 14.6 Å². The fraction of sp³-hybridized carbons (Fsp3) is 0.571. The summed E-state index contributed by atoms with van der Waals surface area (Å²) in [4.78, 5) is 17.7. The number of rotatable bonds is 4. The predicted molar refractivity (Wildman–Crippen MR) is 72.7 cm³/mol. The fourth-order valence-electron chi connectivity index (χ4n) is 2.50. The van der Waals surface area contributed by atoms with Crippen molar-refractivity contribution >= 4 is 11.8 Å². The number of carboxylic acids is 1. The van der Waals surface area contributed by atoms with E-state index in [2.05, 4.69) is 9.88 Å². The largest absolute Gasteiger partial charge is 0.478 e. The SMILES string of the molecule is COCC1CCN(c2cc(C(=O)O)cc(C)n2)CC1. The lowest BCUT2D eigenvalue weighted by molar-refractivity contribution is 0.0696. The zero-order valence-electron chi connectivity index (χ0n) is 11.4. The van der Waals surface area contributed by atoms with Crippen LogP contribution in [-0.4, -0.2) is 42.9 Å². The maximum atomic E-state index is 11.1. The van der Waals surface area contributed by atoms with Gasteiger partial charge in [0.25, 0.3) is 0 Å². The Morgan fingerprint density at radius 2 is 2.16 bits per heavy atom. The van der Waals surface area contributed by atoms with E-state index in [4.69, 9.17) is 9.84 Å². The lowest BCUT2D eigenvalue weighted by atomic mass is 9.98. The first-order valence-corrected chi connectivity index (χ1v) is 6.56. The molecule has 0 unspecified atom stereocenters. The maximum absolute atomic E-state index is 11.1. The van der Waals surface area contributed by atoms with Crippen LogP contribution in [0.15, 0.2) is 12.1 Å². The van der Waals surface area contributed by atoms with Gasteiger partial charge in [0.2, 0.25) is 0 Å². The molecule has 1 aliphatic rings. The molecule has 1 saturated heterocycles. The van der Waals surface area contributed by atoms with Gasteiger partial charge in [0.05, 0.1) is 5.56 Å². The number of carbonyl (C=O) groups is 1. The van der Waals surface area contributed by atoms with Gasteiger partial charge >= 0.3 is 5.97 Å². The second-order valence-electron chi connectivity index (χ2n) is 5.05. The van der Waals surface area contributed by atoms with E-state index in [0.717, 1.165) is 44.0 Å². The van der Waals surface area contributed by atoms with Gasteiger partial charge in [-0.25, -0.2) is 9.78 Å². The Balaban J connectivity index is 2.09. The molecule has 1 aromatic heterocycles. The average Bonchev–Trinajstić information content (AvgIpc) is 2.39. The van der Waals surface area contributed by atoms with Crippen LogP contribution in [0.4, 0.5) is 5.82 Å². The highest BCUT2D eigenvalue weighted by atomic mass is 16.5. The summed E-state index contributed by atoms with van der Waals surface area (Å²) in [6.45, 7) is 4.44. The molecule has 5 nitrogen and oxygen atoms in total. The van der Waals surface area contributed by atoms with Crippen LogP contribution < -0.4 is 4.90 Å². The van der Waals surface area contributed by atoms with Crippen LogP contribution in [0.25, 0.3) is 0 Å². The van der Waals surface area contributed by atoms with Gasteiger partial charge in [-0.2, -0.15) is 0 Å². The maximum Gasteiger partial charge on any atom is 0.335 e. The monoisotopic (exact) mass is 264 g/mol. The Labute approximate surface area is 113 Å². The normalized spacial score (nSPS) is 16.6.